The fraction of sp³-hybridized carbons (Fsp3) is 0.368. The van der Waals surface area contributed by atoms with Gasteiger partial charge in [0, 0.05) is 24.0 Å². The lowest BCUT2D eigenvalue weighted by atomic mass is 10.1. The minimum Gasteiger partial charge on any atom is -0.342 e. The van der Waals surface area contributed by atoms with Crippen LogP contribution in [0.5, 0.6) is 0 Å². The SMILES string of the molecule is Cc1ccc(C(=O)NCC(=O)N2CCC(NS(=O)(=O)c3ccccc3)CC2)s1. The summed E-state index contributed by atoms with van der Waals surface area (Å²) in [5, 5.41) is 2.65. The lowest BCUT2D eigenvalue weighted by Gasteiger charge is -2.32. The zero-order chi connectivity index (χ0) is 20.1. The molecule has 0 atom stereocenters. The average Bonchev–Trinajstić information content (AvgIpc) is 3.13. The van der Waals surface area contributed by atoms with Crippen molar-refractivity contribution in [2.45, 2.75) is 30.7 Å². The number of likely N-dealkylation sites (tertiary alicyclic amines) is 1. The summed E-state index contributed by atoms with van der Waals surface area (Å²) in [7, 11) is -3.56. The van der Waals surface area contributed by atoms with Gasteiger partial charge in [-0.05, 0) is 44.0 Å². The molecule has 2 aromatic rings. The van der Waals surface area contributed by atoms with Crippen LogP contribution in [0.1, 0.15) is 27.4 Å². The topological polar surface area (TPSA) is 95.6 Å². The first kappa shape index (κ1) is 20.5. The number of piperidine rings is 1. The summed E-state index contributed by atoms with van der Waals surface area (Å²) in [6, 6.07) is 11.6. The van der Waals surface area contributed by atoms with Gasteiger partial charge in [-0.2, -0.15) is 0 Å². The zero-order valence-electron chi connectivity index (χ0n) is 15.6. The maximum Gasteiger partial charge on any atom is 0.261 e. The van der Waals surface area contributed by atoms with Gasteiger partial charge in [0.05, 0.1) is 16.3 Å². The minimum absolute atomic E-state index is 0.0593. The molecule has 0 aliphatic carbocycles. The minimum atomic E-state index is -3.56. The van der Waals surface area contributed by atoms with E-state index in [0.29, 0.717) is 30.8 Å². The summed E-state index contributed by atoms with van der Waals surface area (Å²) >= 11 is 1.38. The number of nitrogens with one attached hydrogen (secondary N) is 2. The van der Waals surface area contributed by atoms with Crippen LogP contribution >= 0.6 is 11.3 Å². The van der Waals surface area contributed by atoms with Gasteiger partial charge in [0.25, 0.3) is 5.91 Å². The second-order valence-electron chi connectivity index (χ2n) is 6.68. The summed E-state index contributed by atoms with van der Waals surface area (Å²) in [6.45, 7) is 2.77. The Hall–Kier alpha value is -2.23. The molecule has 1 fully saturated rings. The number of amides is 2. The average molecular weight is 422 g/mol. The lowest BCUT2D eigenvalue weighted by molar-refractivity contribution is -0.131. The van der Waals surface area contributed by atoms with E-state index in [1.54, 1.807) is 41.3 Å². The fourth-order valence-electron chi connectivity index (χ4n) is 3.05. The third-order valence-corrected chi connectivity index (χ3v) is 7.12. The number of hydrogen-bond acceptors (Lipinski definition) is 5. The molecule has 1 aromatic carbocycles. The number of aryl methyl sites for hydroxylation is 1. The van der Waals surface area contributed by atoms with Crippen LogP contribution in [0.3, 0.4) is 0 Å². The van der Waals surface area contributed by atoms with Crippen LogP contribution in [-0.4, -0.2) is 50.8 Å². The molecule has 7 nitrogen and oxygen atoms in total. The van der Waals surface area contributed by atoms with E-state index in [2.05, 4.69) is 10.0 Å². The molecule has 1 aromatic heterocycles. The standard InChI is InChI=1S/C19H23N3O4S2/c1-14-7-8-17(27-14)19(24)20-13-18(23)22-11-9-15(10-12-22)21-28(25,26)16-5-3-2-4-6-16/h2-8,15,21H,9-13H2,1H3,(H,20,24). The molecule has 0 spiro atoms. The number of thiophene rings is 1. The van der Waals surface area contributed by atoms with Crippen molar-refractivity contribution in [2.24, 2.45) is 0 Å². The van der Waals surface area contributed by atoms with Crippen LogP contribution in [-0.2, 0) is 14.8 Å². The molecule has 28 heavy (non-hydrogen) atoms. The van der Waals surface area contributed by atoms with Gasteiger partial charge in [-0.25, -0.2) is 13.1 Å². The van der Waals surface area contributed by atoms with Crippen LogP contribution in [0.4, 0.5) is 0 Å². The molecule has 1 aliphatic rings. The van der Waals surface area contributed by atoms with Gasteiger partial charge in [-0.3, -0.25) is 9.59 Å². The highest BCUT2D eigenvalue weighted by Crippen LogP contribution is 2.16. The van der Waals surface area contributed by atoms with Crippen LogP contribution in [0, 0.1) is 6.92 Å². The van der Waals surface area contributed by atoms with Gasteiger partial charge in [0.2, 0.25) is 15.9 Å². The van der Waals surface area contributed by atoms with E-state index < -0.39 is 10.0 Å². The Balaban J connectivity index is 1.46. The van der Waals surface area contributed by atoms with Crippen molar-refractivity contribution in [3.8, 4) is 0 Å². The molecule has 3 rings (SSSR count). The van der Waals surface area contributed by atoms with Crippen molar-refractivity contribution in [3.05, 3.63) is 52.2 Å². The Morgan fingerprint density at radius 2 is 1.79 bits per heavy atom. The number of nitrogens with zero attached hydrogens (tertiary/aromatic N) is 1. The molecule has 0 unspecified atom stereocenters. The largest absolute Gasteiger partial charge is 0.342 e. The Kier molecular flexibility index (Phi) is 6.48. The van der Waals surface area contributed by atoms with E-state index in [1.165, 1.54) is 11.3 Å². The lowest BCUT2D eigenvalue weighted by Crippen LogP contribution is -2.48. The van der Waals surface area contributed by atoms with Gasteiger partial charge in [0.1, 0.15) is 0 Å². The van der Waals surface area contributed by atoms with E-state index in [1.807, 2.05) is 13.0 Å². The second kappa shape index (κ2) is 8.85. The number of carbonyl (C=O) groups is 2. The molecule has 1 saturated heterocycles. The zero-order valence-corrected chi connectivity index (χ0v) is 17.2. The van der Waals surface area contributed by atoms with Gasteiger partial charge < -0.3 is 10.2 Å². The van der Waals surface area contributed by atoms with Gasteiger partial charge in [0.15, 0.2) is 0 Å². The summed E-state index contributed by atoms with van der Waals surface area (Å²) in [5.41, 5.74) is 0. The molecule has 2 amide bonds. The monoisotopic (exact) mass is 421 g/mol. The van der Waals surface area contributed by atoms with Crippen LogP contribution in [0.2, 0.25) is 0 Å². The Bertz CT molecular complexity index is 933. The number of hydrogen-bond donors (Lipinski definition) is 2. The maximum absolute atomic E-state index is 12.4. The van der Waals surface area contributed by atoms with Crippen molar-refractivity contribution >= 4 is 33.2 Å². The van der Waals surface area contributed by atoms with E-state index in [9.17, 15) is 18.0 Å². The Morgan fingerprint density at radius 1 is 1.11 bits per heavy atom. The predicted octanol–water partition coefficient (Wildman–Crippen LogP) is 1.76. The predicted molar refractivity (Wildman–Crippen MR) is 108 cm³/mol. The third kappa shape index (κ3) is 5.18. The molecule has 1 aliphatic heterocycles. The molecule has 0 bridgehead atoms. The van der Waals surface area contributed by atoms with Gasteiger partial charge >= 0.3 is 0 Å². The molecular formula is C19H23N3O4S2. The number of carbonyl (C=O) groups excluding carboxylic acids is 2. The first-order valence-electron chi connectivity index (χ1n) is 9.05. The molecule has 0 saturated carbocycles. The van der Waals surface area contributed by atoms with Gasteiger partial charge in [-0.1, -0.05) is 18.2 Å². The Labute approximate surface area is 168 Å². The molecule has 150 valence electrons. The van der Waals surface area contributed by atoms with Crippen molar-refractivity contribution in [3.63, 3.8) is 0 Å². The van der Waals surface area contributed by atoms with Crippen LogP contribution in [0.15, 0.2) is 47.4 Å². The molecule has 2 N–H and O–H groups in total. The van der Waals surface area contributed by atoms with Crippen LogP contribution in [0.25, 0.3) is 0 Å². The van der Waals surface area contributed by atoms with E-state index >= 15 is 0 Å². The summed E-state index contributed by atoms with van der Waals surface area (Å²) in [6.07, 6.45) is 1.08. The van der Waals surface area contributed by atoms with Crippen LogP contribution < -0.4 is 10.0 Å². The molecular weight excluding hydrogens is 398 g/mol. The first-order chi connectivity index (χ1) is 13.3. The quantitative estimate of drug-likeness (QED) is 0.743. The molecule has 0 radical (unpaired) electrons. The highest BCUT2D eigenvalue weighted by Gasteiger charge is 2.26. The number of rotatable bonds is 6. The molecule has 9 heteroatoms. The molecule has 2 heterocycles. The van der Waals surface area contributed by atoms with Crippen molar-refractivity contribution in [1.82, 2.24) is 14.9 Å². The van der Waals surface area contributed by atoms with E-state index in [-0.39, 0.29) is 29.3 Å². The Morgan fingerprint density at radius 3 is 2.39 bits per heavy atom. The summed E-state index contributed by atoms with van der Waals surface area (Å²) in [4.78, 5) is 27.9. The second-order valence-corrected chi connectivity index (χ2v) is 9.68. The summed E-state index contributed by atoms with van der Waals surface area (Å²) < 4.78 is 27.5. The summed E-state index contributed by atoms with van der Waals surface area (Å²) in [5.74, 6) is -0.414. The van der Waals surface area contributed by atoms with Crippen molar-refractivity contribution < 1.29 is 18.0 Å². The highest BCUT2D eigenvalue weighted by atomic mass is 32.2. The normalized spacial score (nSPS) is 15.4. The number of benzene rings is 1. The smallest absolute Gasteiger partial charge is 0.261 e. The van der Waals surface area contributed by atoms with Gasteiger partial charge in [-0.15, -0.1) is 11.3 Å². The van der Waals surface area contributed by atoms with E-state index in [4.69, 9.17) is 0 Å². The highest BCUT2D eigenvalue weighted by molar-refractivity contribution is 7.89. The number of sulfonamides is 1. The fourth-order valence-corrected chi connectivity index (χ4v) is 5.16. The third-order valence-electron chi connectivity index (χ3n) is 4.59. The maximum atomic E-state index is 12.4. The van der Waals surface area contributed by atoms with Crippen molar-refractivity contribution in [2.75, 3.05) is 19.6 Å². The first-order valence-corrected chi connectivity index (χ1v) is 11.3. The van der Waals surface area contributed by atoms with Crippen molar-refractivity contribution in [1.29, 1.82) is 0 Å². The van der Waals surface area contributed by atoms with E-state index in [0.717, 1.165) is 4.88 Å².